The van der Waals surface area contributed by atoms with Gasteiger partial charge < -0.3 is 24.7 Å². The van der Waals surface area contributed by atoms with Crippen LogP contribution >= 0.6 is 0 Å². The van der Waals surface area contributed by atoms with Crippen LogP contribution < -0.4 is 16.3 Å². The smallest absolute Gasteiger partial charge is 0.407 e. The average molecular weight is 416 g/mol. The van der Waals surface area contributed by atoms with Gasteiger partial charge in [-0.25, -0.2) is 9.59 Å². The number of alkyl carbamates (subject to hydrolysis) is 1. The van der Waals surface area contributed by atoms with Crippen molar-refractivity contribution >= 4 is 28.9 Å². The number of amides is 2. The summed E-state index contributed by atoms with van der Waals surface area (Å²) in [6.45, 7) is 7.34. The number of benzene rings is 1. The van der Waals surface area contributed by atoms with Crippen molar-refractivity contribution in [2.75, 3.05) is 19.4 Å². The number of fused-ring (bicyclic) bond motifs is 1. The summed E-state index contributed by atoms with van der Waals surface area (Å²) in [5.41, 5.74) is -0.0185. The Labute approximate surface area is 174 Å². The number of nitrogens with one attached hydrogen (secondary N) is 2. The summed E-state index contributed by atoms with van der Waals surface area (Å²) in [6.07, 6.45) is 0.774. The maximum Gasteiger partial charge on any atom is 0.407 e. The molecule has 162 valence electrons. The maximum atomic E-state index is 12.7. The van der Waals surface area contributed by atoms with E-state index < -0.39 is 22.9 Å². The van der Waals surface area contributed by atoms with Crippen LogP contribution in [0.25, 0.3) is 10.9 Å². The molecule has 2 aromatic rings. The molecule has 1 aromatic heterocycles. The molecule has 1 fully saturated rings. The van der Waals surface area contributed by atoms with Crippen molar-refractivity contribution in [2.24, 2.45) is 0 Å². The monoisotopic (exact) mass is 416 g/mol. The van der Waals surface area contributed by atoms with E-state index in [0.717, 1.165) is 5.56 Å². The number of nitrogens with zero attached hydrogens (tertiary/aromatic N) is 2. The van der Waals surface area contributed by atoms with Gasteiger partial charge in [0.2, 0.25) is 5.91 Å². The molecule has 0 aliphatic heterocycles. The van der Waals surface area contributed by atoms with Crippen molar-refractivity contribution in [1.29, 1.82) is 0 Å². The van der Waals surface area contributed by atoms with Crippen LogP contribution in [-0.2, 0) is 16.1 Å². The van der Waals surface area contributed by atoms with Gasteiger partial charge in [-0.2, -0.15) is 4.98 Å². The molecule has 1 aromatic carbocycles. The number of hydrogen-bond donors (Lipinski definition) is 2. The summed E-state index contributed by atoms with van der Waals surface area (Å²) in [7, 11) is 3.37. The summed E-state index contributed by atoms with van der Waals surface area (Å²) in [6, 6.07) is 3.52. The molecule has 0 bridgehead atoms. The number of hydrogen-bond acceptors (Lipinski definition) is 7. The molecule has 1 heterocycles. The van der Waals surface area contributed by atoms with E-state index >= 15 is 0 Å². The SMILES string of the molecule is Cc1c(CNC(=O)OC(C)(C)C)ccc2nc(NC3(C(=O)N(C)C)CC3)oc(=O)c12. The minimum atomic E-state index is -0.758. The Bertz CT molecular complexity index is 1050. The number of carbonyl (C=O) groups excluding carboxylic acids is 2. The van der Waals surface area contributed by atoms with E-state index in [1.54, 1.807) is 53.9 Å². The highest BCUT2D eigenvalue weighted by atomic mass is 16.6. The van der Waals surface area contributed by atoms with Crippen molar-refractivity contribution in [3.63, 3.8) is 0 Å². The molecular weight excluding hydrogens is 388 g/mol. The van der Waals surface area contributed by atoms with Gasteiger partial charge in [-0.3, -0.25) is 4.79 Å². The molecule has 3 rings (SSSR count). The van der Waals surface area contributed by atoms with Gasteiger partial charge in [0.25, 0.3) is 6.01 Å². The first-order chi connectivity index (χ1) is 13.9. The number of anilines is 1. The first-order valence-electron chi connectivity index (χ1n) is 9.82. The molecule has 9 heteroatoms. The quantitative estimate of drug-likeness (QED) is 0.770. The summed E-state index contributed by atoms with van der Waals surface area (Å²) in [5, 5.41) is 6.02. The van der Waals surface area contributed by atoms with Gasteiger partial charge in [0.15, 0.2) is 0 Å². The fraction of sp³-hybridized carbons (Fsp3) is 0.524. The second-order valence-electron chi connectivity index (χ2n) is 8.81. The van der Waals surface area contributed by atoms with Gasteiger partial charge in [0.05, 0.1) is 10.9 Å². The van der Waals surface area contributed by atoms with Gasteiger partial charge in [0, 0.05) is 20.6 Å². The first-order valence-corrected chi connectivity index (χ1v) is 9.82. The first kappa shape index (κ1) is 21.6. The van der Waals surface area contributed by atoms with Crippen molar-refractivity contribution in [3.05, 3.63) is 33.7 Å². The lowest BCUT2D eigenvalue weighted by Crippen LogP contribution is -2.41. The molecule has 30 heavy (non-hydrogen) atoms. The van der Waals surface area contributed by atoms with Crippen LogP contribution in [0.5, 0.6) is 0 Å². The Hall–Kier alpha value is -3.10. The van der Waals surface area contributed by atoms with E-state index in [4.69, 9.17) is 9.15 Å². The third-order valence-electron chi connectivity index (χ3n) is 4.90. The summed E-state index contributed by atoms with van der Waals surface area (Å²) in [5.74, 6) is -0.0770. The maximum absolute atomic E-state index is 12.7. The number of carbonyl (C=O) groups is 2. The third kappa shape index (κ3) is 4.55. The molecular formula is C21H28N4O5. The lowest BCUT2D eigenvalue weighted by Gasteiger charge is -2.20. The van der Waals surface area contributed by atoms with E-state index in [0.29, 0.717) is 29.3 Å². The largest absolute Gasteiger partial charge is 0.444 e. The van der Waals surface area contributed by atoms with Crippen molar-refractivity contribution in [2.45, 2.75) is 58.2 Å². The van der Waals surface area contributed by atoms with E-state index in [2.05, 4.69) is 15.6 Å². The molecule has 1 aliphatic carbocycles. The van der Waals surface area contributed by atoms with Crippen LogP contribution in [0.4, 0.5) is 10.8 Å². The zero-order chi connectivity index (χ0) is 22.3. The number of likely N-dealkylation sites (N-methyl/N-ethyl adjacent to an activating group) is 1. The Kier molecular flexibility index (Phi) is 5.49. The third-order valence-corrected chi connectivity index (χ3v) is 4.90. The van der Waals surface area contributed by atoms with Crippen molar-refractivity contribution in [3.8, 4) is 0 Å². The molecule has 0 saturated heterocycles. The van der Waals surface area contributed by atoms with Gasteiger partial charge in [-0.05, 0) is 57.7 Å². The minimum absolute atomic E-state index is 0.0271. The van der Waals surface area contributed by atoms with Gasteiger partial charge in [0.1, 0.15) is 11.1 Å². The van der Waals surface area contributed by atoms with Gasteiger partial charge >= 0.3 is 11.7 Å². The predicted molar refractivity (Wildman–Crippen MR) is 112 cm³/mol. The number of rotatable bonds is 5. The van der Waals surface area contributed by atoms with Crippen LogP contribution in [-0.4, -0.2) is 47.1 Å². The second kappa shape index (κ2) is 7.62. The van der Waals surface area contributed by atoms with Crippen molar-refractivity contribution in [1.82, 2.24) is 15.2 Å². The van der Waals surface area contributed by atoms with Crippen LogP contribution in [0, 0.1) is 6.92 Å². The van der Waals surface area contributed by atoms with Crippen LogP contribution in [0.3, 0.4) is 0 Å². The van der Waals surface area contributed by atoms with Crippen LogP contribution in [0.2, 0.25) is 0 Å². The summed E-state index contributed by atoms with van der Waals surface area (Å²) < 4.78 is 10.6. The molecule has 0 radical (unpaired) electrons. The van der Waals surface area contributed by atoms with Gasteiger partial charge in [-0.15, -0.1) is 0 Å². The standard InChI is InChI=1S/C21H28N4O5/c1-12-13(11-22-19(28)30-20(2,3)4)7-8-14-15(12)16(26)29-18(23-14)24-21(9-10-21)17(27)25(5)6/h7-8H,9-11H2,1-6H3,(H,22,28)(H,23,24). The zero-order valence-corrected chi connectivity index (χ0v) is 18.2. The van der Waals surface area contributed by atoms with Gasteiger partial charge in [-0.1, -0.05) is 6.07 Å². The molecule has 2 amide bonds. The highest BCUT2D eigenvalue weighted by Gasteiger charge is 2.51. The highest BCUT2D eigenvalue weighted by molar-refractivity contribution is 5.92. The van der Waals surface area contributed by atoms with E-state index in [-0.39, 0.29) is 18.5 Å². The zero-order valence-electron chi connectivity index (χ0n) is 18.2. The lowest BCUT2D eigenvalue weighted by molar-refractivity contribution is -0.130. The normalized spacial score (nSPS) is 14.9. The molecule has 2 N–H and O–H groups in total. The fourth-order valence-corrected chi connectivity index (χ4v) is 3.24. The fourth-order valence-electron chi connectivity index (χ4n) is 3.24. The van der Waals surface area contributed by atoms with E-state index in [1.165, 1.54) is 4.90 Å². The lowest BCUT2D eigenvalue weighted by atomic mass is 10.0. The van der Waals surface area contributed by atoms with E-state index in [9.17, 15) is 14.4 Å². The van der Waals surface area contributed by atoms with Crippen LogP contribution in [0.1, 0.15) is 44.7 Å². The Morgan fingerprint density at radius 1 is 1.27 bits per heavy atom. The topological polar surface area (TPSA) is 114 Å². The van der Waals surface area contributed by atoms with E-state index in [1.807, 2.05) is 0 Å². The predicted octanol–water partition coefficient (Wildman–Crippen LogP) is 2.55. The molecule has 1 saturated carbocycles. The highest BCUT2D eigenvalue weighted by Crippen LogP contribution is 2.40. The molecule has 0 atom stereocenters. The molecule has 9 nitrogen and oxygen atoms in total. The second-order valence-corrected chi connectivity index (χ2v) is 8.81. The average Bonchev–Trinajstić information content (AvgIpc) is 3.39. The summed E-state index contributed by atoms with van der Waals surface area (Å²) in [4.78, 5) is 42.8. The number of ether oxygens (including phenoxy) is 1. The summed E-state index contributed by atoms with van der Waals surface area (Å²) >= 11 is 0. The molecule has 0 unspecified atom stereocenters. The molecule has 1 aliphatic rings. The Morgan fingerprint density at radius 3 is 2.50 bits per heavy atom. The number of aromatic nitrogens is 1. The minimum Gasteiger partial charge on any atom is -0.444 e. The molecule has 0 spiro atoms. The van der Waals surface area contributed by atoms with Crippen molar-refractivity contribution < 1.29 is 18.7 Å². The number of aryl methyl sites for hydroxylation is 1. The Balaban J connectivity index is 1.82. The van der Waals surface area contributed by atoms with Crippen LogP contribution in [0.15, 0.2) is 21.3 Å². The Morgan fingerprint density at radius 2 is 1.93 bits per heavy atom.